The molecule has 1 N–H and O–H groups in total. The Kier molecular flexibility index (Phi) is 3.84. The average molecular weight is 345 g/mol. The van der Waals surface area contributed by atoms with E-state index in [0.717, 1.165) is 31.7 Å². The Bertz CT molecular complexity index is 715. The average Bonchev–Trinajstić information content (AvgIpc) is 3.34. The molecule has 1 aromatic heterocycles. The predicted octanol–water partition coefficient (Wildman–Crippen LogP) is 1.48. The van der Waals surface area contributed by atoms with Gasteiger partial charge in [-0.15, -0.1) is 0 Å². The molecule has 1 aromatic rings. The zero-order chi connectivity index (χ0) is 17.5. The van der Waals surface area contributed by atoms with E-state index in [0.29, 0.717) is 38.5 Å². The summed E-state index contributed by atoms with van der Waals surface area (Å²) in [6.45, 7) is 1.70. The summed E-state index contributed by atoms with van der Waals surface area (Å²) >= 11 is 0. The van der Waals surface area contributed by atoms with E-state index in [1.54, 1.807) is 4.90 Å². The highest BCUT2D eigenvalue weighted by molar-refractivity contribution is 5.88. The first-order valence-electron chi connectivity index (χ1n) is 8.63. The lowest BCUT2D eigenvalue weighted by molar-refractivity contribution is -0.142. The first-order valence-corrected chi connectivity index (χ1v) is 8.63. The maximum Gasteiger partial charge on any atom is 0.243 e. The molecule has 2 aliphatic heterocycles. The van der Waals surface area contributed by atoms with Crippen molar-refractivity contribution in [3.8, 4) is 6.07 Å². The van der Waals surface area contributed by atoms with Gasteiger partial charge in [0.05, 0.1) is 36.7 Å². The van der Waals surface area contributed by atoms with Crippen LogP contribution in [-0.4, -0.2) is 52.1 Å². The number of carbonyl (C=O) groups excluding carboxylic acids is 1. The normalized spacial score (nSPS) is 30.1. The molecule has 0 radical (unpaired) electrons. The van der Waals surface area contributed by atoms with E-state index in [1.807, 2.05) is 0 Å². The highest BCUT2D eigenvalue weighted by Gasteiger charge is 2.55. The number of anilines is 1. The van der Waals surface area contributed by atoms with Crippen molar-refractivity contribution < 1.29 is 13.9 Å². The first kappa shape index (κ1) is 16.2. The molecule has 1 amide bonds. The van der Waals surface area contributed by atoms with Crippen LogP contribution < -0.4 is 5.32 Å². The van der Waals surface area contributed by atoms with Gasteiger partial charge in [-0.1, -0.05) is 0 Å². The fourth-order valence-electron chi connectivity index (χ4n) is 3.86. The number of piperidine rings is 1. The standard InChI is InChI=1S/C17H20FN5O2/c18-12-7-20-15(21-8-12)22-13-6-17(25-9-13)2-1-5-23(11-17)14(24)16(10-19)3-4-16/h7-8,13H,1-6,9,11H2,(H,20,21,22). The number of nitrogens with one attached hydrogen (secondary N) is 1. The van der Waals surface area contributed by atoms with E-state index in [-0.39, 0.29) is 17.6 Å². The quantitative estimate of drug-likeness (QED) is 0.892. The van der Waals surface area contributed by atoms with Crippen molar-refractivity contribution in [2.45, 2.75) is 43.7 Å². The molecule has 3 fully saturated rings. The zero-order valence-corrected chi connectivity index (χ0v) is 13.9. The molecule has 1 aliphatic carbocycles. The Balaban J connectivity index is 1.40. The van der Waals surface area contributed by atoms with E-state index in [9.17, 15) is 14.4 Å². The van der Waals surface area contributed by atoms with Gasteiger partial charge in [0.15, 0.2) is 5.82 Å². The lowest BCUT2D eigenvalue weighted by Crippen LogP contribution is -2.52. The van der Waals surface area contributed by atoms with Crippen LogP contribution in [0.15, 0.2) is 12.4 Å². The van der Waals surface area contributed by atoms with Gasteiger partial charge in [-0.05, 0) is 25.7 Å². The smallest absolute Gasteiger partial charge is 0.243 e. The Hall–Kier alpha value is -2.27. The van der Waals surface area contributed by atoms with Crippen molar-refractivity contribution in [1.82, 2.24) is 14.9 Å². The number of amides is 1. The van der Waals surface area contributed by atoms with Crippen LogP contribution in [0.5, 0.6) is 0 Å². The van der Waals surface area contributed by atoms with Gasteiger partial charge in [-0.25, -0.2) is 14.4 Å². The molecule has 8 heteroatoms. The molecule has 2 atom stereocenters. The molecule has 2 unspecified atom stereocenters. The second-order valence-electron chi connectivity index (χ2n) is 7.29. The molecule has 7 nitrogen and oxygen atoms in total. The predicted molar refractivity (Wildman–Crippen MR) is 85.8 cm³/mol. The number of likely N-dealkylation sites (tertiary alicyclic amines) is 1. The molecule has 4 rings (SSSR count). The van der Waals surface area contributed by atoms with Crippen molar-refractivity contribution >= 4 is 11.9 Å². The highest BCUT2D eigenvalue weighted by Crippen LogP contribution is 2.47. The third kappa shape index (κ3) is 3.04. The first-order chi connectivity index (χ1) is 12.0. The largest absolute Gasteiger partial charge is 0.371 e. The van der Waals surface area contributed by atoms with Crippen molar-refractivity contribution in [3.63, 3.8) is 0 Å². The van der Waals surface area contributed by atoms with Crippen LogP contribution >= 0.6 is 0 Å². The van der Waals surface area contributed by atoms with Crippen LogP contribution in [0.4, 0.5) is 10.3 Å². The van der Waals surface area contributed by atoms with Crippen LogP contribution in [0.2, 0.25) is 0 Å². The summed E-state index contributed by atoms with van der Waals surface area (Å²) in [4.78, 5) is 22.3. The number of aromatic nitrogens is 2. The zero-order valence-electron chi connectivity index (χ0n) is 13.9. The Labute approximate surface area is 145 Å². The van der Waals surface area contributed by atoms with E-state index < -0.39 is 11.2 Å². The fourth-order valence-corrected chi connectivity index (χ4v) is 3.86. The molecule has 3 aliphatic rings. The topological polar surface area (TPSA) is 91.1 Å². The Morgan fingerprint density at radius 3 is 2.84 bits per heavy atom. The second kappa shape index (κ2) is 5.92. The van der Waals surface area contributed by atoms with Gasteiger partial charge in [-0.2, -0.15) is 5.26 Å². The van der Waals surface area contributed by atoms with Crippen LogP contribution in [0.3, 0.4) is 0 Å². The summed E-state index contributed by atoms with van der Waals surface area (Å²) in [7, 11) is 0. The molecule has 0 aromatic carbocycles. The Morgan fingerprint density at radius 1 is 1.40 bits per heavy atom. The lowest BCUT2D eigenvalue weighted by atomic mass is 9.88. The molecule has 0 bridgehead atoms. The molecule has 1 saturated carbocycles. The summed E-state index contributed by atoms with van der Waals surface area (Å²) in [5.74, 6) is -0.147. The molecule has 132 valence electrons. The van der Waals surface area contributed by atoms with E-state index in [1.165, 1.54) is 0 Å². The summed E-state index contributed by atoms with van der Waals surface area (Å²) in [5.41, 5.74) is -1.16. The second-order valence-corrected chi connectivity index (χ2v) is 7.29. The van der Waals surface area contributed by atoms with Crippen LogP contribution in [0.1, 0.15) is 32.1 Å². The molecule has 3 heterocycles. The third-order valence-electron chi connectivity index (χ3n) is 5.36. The number of halogens is 1. The minimum Gasteiger partial charge on any atom is -0.371 e. The van der Waals surface area contributed by atoms with E-state index >= 15 is 0 Å². The van der Waals surface area contributed by atoms with Gasteiger partial charge in [0.1, 0.15) is 5.41 Å². The number of rotatable bonds is 3. The van der Waals surface area contributed by atoms with Gasteiger partial charge < -0.3 is 15.0 Å². The number of hydrogen-bond donors (Lipinski definition) is 1. The lowest BCUT2D eigenvalue weighted by Gasteiger charge is -2.40. The molecule has 1 spiro atoms. The SMILES string of the molecule is N#CC1(C(=O)N2CCCC3(CC(Nc4ncc(F)cn4)CO3)C2)CC1. The van der Waals surface area contributed by atoms with Crippen LogP contribution in [0, 0.1) is 22.6 Å². The van der Waals surface area contributed by atoms with Gasteiger partial charge in [-0.3, -0.25) is 4.79 Å². The number of carbonyl (C=O) groups is 1. The molecular formula is C17H20FN5O2. The highest BCUT2D eigenvalue weighted by atomic mass is 19.1. The minimum atomic E-state index is -0.781. The summed E-state index contributed by atoms with van der Waals surface area (Å²) in [5, 5.41) is 12.4. The summed E-state index contributed by atoms with van der Waals surface area (Å²) in [6, 6.07) is 2.20. The van der Waals surface area contributed by atoms with E-state index in [2.05, 4.69) is 21.4 Å². The summed E-state index contributed by atoms with van der Waals surface area (Å²) in [6.07, 6.45) is 6.07. The van der Waals surface area contributed by atoms with Gasteiger partial charge in [0, 0.05) is 19.5 Å². The number of nitriles is 1. The van der Waals surface area contributed by atoms with Crippen molar-refractivity contribution in [2.24, 2.45) is 5.41 Å². The third-order valence-corrected chi connectivity index (χ3v) is 5.36. The van der Waals surface area contributed by atoms with Crippen LogP contribution in [-0.2, 0) is 9.53 Å². The molecule has 2 saturated heterocycles. The monoisotopic (exact) mass is 345 g/mol. The van der Waals surface area contributed by atoms with Gasteiger partial charge in [0.25, 0.3) is 0 Å². The Morgan fingerprint density at radius 2 is 2.16 bits per heavy atom. The molecule has 25 heavy (non-hydrogen) atoms. The minimum absolute atomic E-state index is 0.0198. The van der Waals surface area contributed by atoms with Crippen LogP contribution in [0.25, 0.3) is 0 Å². The molecular weight excluding hydrogens is 325 g/mol. The van der Waals surface area contributed by atoms with Gasteiger partial charge >= 0.3 is 0 Å². The maximum absolute atomic E-state index is 12.9. The fraction of sp³-hybridized carbons (Fsp3) is 0.647. The van der Waals surface area contributed by atoms with Gasteiger partial charge in [0.2, 0.25) is 11.9 Å². The number of ether oxygens (including phenoxy) is 1. The van der Waals surface area contributed by atoms with Crippen molar-refractivity contribution in [1.29, 1.82) is 5.26 Å². The number of hydrogen-bond acceptors (Lipinski definition) is 6. The van der Waals surface area contributed by atoms with Crippen molar-refractivity contribution in [3.05, 3.63) is 18.2 Å². The van der Waals surface area contributed by atoms with Crippen molar-refractivity contribution in [2.75, 3.05) is 25.0 Å². The summed E-state index contributed by atoms with van der Waals surface area (Å²) < 4.78 is 19.0. The maximum atomic E-state index is 12.9. The van der Waals surface area contributed by atoms with E-state index in [4.69, 9.17) is 4.74 Å². The number of nitrogens with zero attached hydrogens (tertiary/aromatic N) is 4.